The van der Waals surface area contributed by atoms with E-state index in [-0.39, 0.29) is 30.9 Å². The number of thiazole rings is 1. The van der Waals surface area contributed by atoms with Gasteiger partial charge >= 0.3 is 11.9 Å². The van der Waals surface area contributed by atoms with Crippen LogP contribution in [0.3, 0.4) is 0 Å². The molecular weight excluding hydrogens is 811 g/mol. The van der Waals surface area contributed by atoms with E-state index in [9.17, 15) is 24.3 Å². The van der Waals surface area contributed by atoms with E-state index in [0.29, 0.717) is 56.2 Å². The van der Waals surface area contributed by atoms with Crippen LogP contribution in [-0.2, 0) is 20.9 Å². The summed E-state index contributed by atoms with van der Waals surface area (Å²) in [7, 11) is 0. The van der Waals surface area contributed by atoms with Crippen LogP contribution in [0.25, 0.3) is 22.6 Å². The molecule has 1 aromatic heterocycles. The van der Waals surface area contributed by atoms with Crippen molar-refractivity contribution >= 4 is 91.5 Å². The second kappa shape index (κ2) is 18.4. The molecule has 12 heteroatoms. The molecule has 1 saturated carbocycles. The zero-order valence-corrected chi connectivity index (χ0v) is 35.4. The van der Waals surface area contributed by atoms with Gasteiger partial charge in [-0.3, -0.25) is 28.6 Å². The van der Waals surface area contributed by atoms with Gasteiger partial charge in [-0.25, -0.2) is 0 Å². The molecule has 5 aromatic rings. The summed E-state index contributed by atoms with van der Waals surface area (Å²) in [5, 5.41) is 18.5. The van der Waals surface area contributed by atoms with Crippen LogP contribution in [0, 0.1) is 0 Å². The normalized spacial score (nSPS) is 18.4. The first-order valence-corrected chi connectivity index (χ1v) is 22.5. The minimum absolute atomic E-state index is 0.0663. The van der Waals surface area contributed by atoms with E-state index >= 15 is 0 Å². The van der Waals surface area contributed by atoms with Crippen LogP contribution in [0.1, 0.15) is 91.5 Å². The minimum atomic E-state index is -1.04. The third-order valence-electron chi connectivity index (χ3n) is 11.5. The molecule has 2 unspecified atom stereocenters. The average molecular weight is 856 g/mol. The number of thioether (sulfide) groups is 1. The molecule has 8 rings (SSSR count). The van der Waals surface area contributed by atoms with Gasteiger partial charge in [-0.05, 0) is 95.5 Å². The fraction of sp³-hybridized carbons (Fsp3) is 0.271. The number of carboxylic acid groups (broad SMARTS) is 2. The molecule has 60 heavy (non-hydrogen) atoms. The van der Waals surface area contributed by atoms with Crippen molar-refractivity contribution in [2.45, 2.75) is 76.3 Å². The van der Waals surface area contributed by atoms with Crippen molar-refractivity contribution in [1.82, 2.24) is 9.47 Å². The molecule has 2 aliphatic heterocycles. The lowest BCUT2D eigenvalue weighted by Gasteiger charge is -2.33. The summed E-state index contributed by atoms with van der Waals surface area (Å²) in [6.07, 6.45) is 10.1. The van der Waals surface area contributed by atoms with Gasteiger partial charge < -0.3 is 15.1 Å². The van der Waals surface area contributed by atoms with Gasteiger partial charge in [0.25, 0.3) is 11.5 Å². The summed E-state index contributed by atoms with van der Waals surface area (Å²) >= 11 is 7.87. The molecule has 0 spiro atoms. The van der Waals surface area contributed by atoms with Crippen molar-refractivity contribution < 1.29 is 24.6 Å². The topological polar surface area (TPSA) is 120 Å². The largest absolute Gasteiger partial charge is 0.481 e. The van der Waals surface area contributed by atoms with E-state index in [1.807, 2.05) is 24.3 Å². The fourth-order valence-corrected chi connectivity index (χ4v) is 11.2. The molecular formula is C48H45N3O6S3. The molecule has 1 aliphatic carbocycles. The number of carboxylic acids is 2. The quantitative estimate of drug-likeness (QED) is 0.0643. The molecule has 1 saturated heterocycles. The van der Waals surface area contributed by atoms with Gasteiger partial charge in [0, 0.05) is 42.8 Å². The van der Waals surface area contributed by atoms with E-state index in [2.05, 4.69) is 95.9 Å². The van der Waals surface area contributed by atoms with Gasteiger partial charge in [-0.1, -0.05) is 122 Å². The summed E-state index contributed by atoms with van der Waals surface area (Å²) < 4.78 is 2.58. The molecule has 4 aromatic carbocycles. The molecule has 3 aliphatic rings. The Labute approximate surface area is 362 Å². The summed E-state index contributed by atoms with van der Waals surface area (Å²) in [4.78, 5) is 54.5. The van der Waals surface area contributed by atoms with E-state index in [1.54, 1.807) is 0 Å². The highest BCUT2D eigenvalue weighted by Gasteiger charge is 2.40. The average Bonchev–Trinajstić information content (AvgIpc) is 3.86. The number of carbonyl (C=O) groups excluding carboxylic acids is 1. The summed E-state index contributed by atoms with van der Waals surface area (Å²) in [6.45, 7) is 0.265. The van der Waals surface area contributed by atoms with Gasteiger partial charge in [0.1, 0.15) is 13.9 Å². The third kappa shape index (κ3) is 8.82. The Morgan fingerprint density at radius 2 is 1.43 bits per heavy atom. The van der Waals surface area contributed by atoms with Crippen molar-refractivity contribution in [2.24, 2.45) is 0 Å². The van der Waals surface area contributed by atoms with Crippen LogP contribution in [0.5, 0.6) is 0 Å². The number of rotatable bonds is 14. The number of hydrogen-bond acceptors (Lipinski definition) is 8. The number of anilines is 2. The van der Waals surface area contributed by atoms with Crippen molar-refractivity contribution in [2.75, 3.05) is 11.4 Å². The molecule has 3 heterocycles. The maximum absolute atomic E-state index is 14.0. The second-order valence-corrected chi connectivity index (χ2v) is 18.1. The van der Waals surface area contributed by atoms with E-state index in [4.69, 9.17) is 17.3 Å². The number of benzene rings is 4. The molecule has 306 valence electrons. The lowest BCUT2D eigenvalue weighted by molar-refractivity contribution is -0.138. The first-order chi connectivity index (χ1) is 29.2. The standard InChI is InChI=1S/C48H45N3O6S3/c52-42(53)18-8-3-11-26-50-46(57)44(60-48(50)58)47-49(27-25-43(54)55)45(56)41(59-47)30-32-21-24-40-38(29-32)36-16-9-10-17-39(36)51(40)35-22-19-31(20-23-35)28-37(33-12-4-1-5-13-33)34-14-6-2-7-15-34/h1-2,4-7,12-15,19-24,28-30,36,39H,3,8-11,16-18,25-27H2,(H,52,53)(H,54,55)/b41-30-,47-44+. The van der Waals surface area contributed by atoms with Crippen molar-refractivity contribution in [3.63, 3.8) is 0 Å². The maximum Gasteiger partial charge on any atom is 0.305 e. The number of unbranched alkanes of at least 4 members (excludes halogenated alkanes) is 2. The van der Waals surface area contributed by atoms with E-state index in [0.717, 1.165) is 71.0 Å². The zero-order valence-electron chi connectivity index (χ0n) is 33.0. The lowest BCUT2D eigenvalue weighted by atomic mass is 9.82. The van der Waals surface area contributed by atoms with Crippen molar-refractivity contribution in [3.05, 3.63) is 150 Å². The van der Waals surface area contributed by atoms with Crippen LogP contribution in [0.15, 0.2) is 108 Å². The second-order valence-electron chi connectivity index (χ2n) is 15.4. The Kier molecular flexibility index (Phi) is 12.6. The van der Waals surface area contributed by atoms with Crippen LogP contribution in [0.2, 0.25) is 0 Å². The first-order valence-electron chi connectivity index (χ1n) is 20.4. The van der Waals surface area contributed by atoms with Gasteiger partial charge in [0.2, 0.25) is 0 Å². The molecule has 9 nitrogen and oxygen atoms in total. The summed E-state index contributed by atoms with van der Waals surface area (Å²) in [6, 6.07) is 36.5. The minimum Gasteiger partial charge on any atom is -0.481 e. The Hall–Kier alpha value is -5.56. The maximum atomic E-state index is 14.0. The molecule has 2 N–H and O–H groups in total. The highest BCUT2D eigenvalue weighted by Crippen LogP contribution is 2.51. The van der Waals surface area contributed by atoms with Gasteiger partial charge in [-0.15, -0.1) is 11.3 Å². The highest BCUT2D eigenvalue weighted by molar-refractivity contribution is 8.30. The van der Waals surface area contributed by atoms with Crippen LogP contribution >= 0.6 is 35.3 Å². The molecule has 0 bridgehead atoms. The van der Waals surface area contributed by atoms with Crippen molar-refractivity contribution in [1.29, 1.82) is 0 Å². The smallest absolute Gasteiger partial charge is 0.305 e. The van der Waals surface area contributed by atoms with E-state index < -0.39 is 11.9 Å². The van der Waals surface area contributed by atoms with Crippen LogP contribution in [-0.4, -0.2) is 54.4 Å². The Balaban J connectivity index is 1.11. The Morgan fingerprint density at radius 3 is 2.12 bits per heavy atom. The van der Waals surface area contributed by atoms with Gasteiger partial charge in [0.15, 0.2) is 0 Å². The molecule has 2 fully saturated rings. The number of amides is 1. The summed E-state index contributed by atoms with van der Waals surface area (Å²) in [5.41, 5.74) is 8.72. The first kappa shape index (κ1) is 41.2. The highest BCUT2D eigenvalue weighted by atomic mass is 32.2. The Bertz CT molecular complexity index is 2610. The number of nitrogens with zero attached hydrogens (tertiary/aromatic N) is 3. The van der Waals surface area contributed by atoms with Gasteiger partial charge in [-0.2, -0.15) is 0 Å². The predicted molar refractivity (Wildman–Crippen MR) is 245 cm³/mol. The third-order valence-corrected chi connectivity index (χ3v) is 14.2. The van der Waals surface area contributed by atoms with Gasteiger partial charge in [0.05, 0.1) is 11.0 Å². The number of carbonyl (C=O) groups is 3. The SMILES string of the molecule is O=C(O)CCCCCN1C(=O)/C(=c2\s/c(=C\c3ccc4c(c3)C3CCCCC3N4c3ccc(C=C(c4ccccc4)c4ccccc4)cc3)c(=O)n2CCC(=O)O)SC1=S. The fourth-order valence-electron chi connectivity index (χ4n) is 8.63. The lowest BCUT2D eigenvalue weighted by Crippen LogP contribution is -2.34. The van der Waals surface area contributed by atoms with Crippen LogP contribution < -0.4 is 19.7 Å². The van der Waals surface area contributed by atoms with Crippen LogP contribution in [0.4, 0.5) is 11.4 Å². The van der Waals surface area contributed by atoms with E-state index in [1.165, 1.54) is 32.1 Å². The molecule has 1 amide bonds. The number of aliphatic carboxylic acids is 2. The zero-order chi connectivity index (χ0) is 41.8. The monoisotopic (exact) mass is 855 g/mol. The van der Waals surface area contributed by atoms with Crippen molar-refractivity contribution in [3.8, 4) is 0 Å². The number of thiocarbonyl (C=S) groups is 1. The summed E-state index contributed by atoms with van der Waals surface area (Å²) in [5.74, 6) is -1.88. The predicted octanol–water partition coefficient (Wildman–Crippen LogP) is 8.59. The number of aromatic nitrogens is 1. The molecule has 2 atom stereocenters. The Morgan fingerprint density at radius 1 is 0.767 bits per heavy atom. The number of fused-ring (bicyclic) bond motifs is 3. The molecule has 0 radical (unpaired) electrons. The number of hydrogen-bond donors (Lipinski definition) is 2.